The van der Waals surface area contributed by atoms with E-state index in [9.17, 15) is 9.90 Å². The van der Waals surface area contributed by atoms with Crippen LogP contribution < -0.4 is 5.69 Å². The molecule has 0 aliphatic carbocycles. The van der Waals surface area contributed by atoms with Crippen molar-refractivity contribution in [3.05, 3.63) is 65.5 Å². The van der Waals surface area contributed by atoms with E-state index in [1.807, 2.05) is 11.6 Å². The van der Waals surface area contributed by atoms with E-state index < -0.39 is 5.82 Å². The summed E-state index contributed by atoms with van der Waals surface area (Å²) in [5, 5.41) is 15.0. The molecule has 0 unspecified atom stereocenters. The molecule has 1 N–H and O–H groups in total. The molecule has 11 heteroatoms. The van der Waals surface area contributed by atoms with Crippen molar-refractivity contribution in [2.45, 2.75) is 0 Å². The van der Waals surface area contributed by atoms with Crippen LogP contribution in [0.2, 0.25) is 0 Å². The molecule has 2 aromatic carbocycles. The van der Waals surface area contributed by atoms with Crippen LogP contribution in [0.15, 0.2) is 54.0 Å². The highest BCUT2D eigenvalue weighted by Crippen LogP contribution is 2.35. The Morgan fingerprint density at radius 3 is 2.46 bits per heavy atom. The standard InChI is InChI=1S/C24H21FN8O2/c1-29-12-26-10-20(29)23-28-17-7-15(13-9-27-30(2)11-13)16(25)8-18(17)33(23)14-5-19-22(21(34)6-14)32(4)24(35)31(19)3/h5-12,34H,1-4H3. The fraction of sp³-hybridized carbons (Fsp3) is 0.167. The van der Waals surface area contributed by atoms with Crippen LogP contribution in [0.4, 0.5) is 4.39 Å². The van der Waals surface area contributed by atoms with Crippen molar-refractivity contribution in [2.75, 3.05) is 0 Å². The van der Waals surface area contributed by atoms with Gasteiger partial charge in [0.1, 0.15) is 22.8 Å². The van der Waals surface area contributed by atoms with Gasteiger partial charge in [-0.15, -0.1) is 0 Å². The van der Waals surface area contributed by atoms with Crippen LogP contribution in [0.3, 0.4) is 0 Å². The quantitative estimate of drug-likeness (QED) is 0.427. The summed E-state index contributed by atoms with van der Waals surface area (Å²) >= 11 is 0. The zero-order chi connectivity index (χ0) is 24.6. The second-order valence-corrected chi connectivity index (χ2v) is 8.62. The largest absolute Gasteiger partial charge is 0.506 e. The molecule has 4 heterocycles. The second-order valence-electron chi connectivity index (χ2n) is 8.62. The number of benzene rings is 2. The molecule has 0 bridgehead atoms. The number of phenolic OH excluding ortho intramolecular Hbond substituents is 1. The number of aromatic nitrogens is 8. The number of halogens is 1. The number of phenols is 1. The third kappa shape index (κ3) is 2.94. The zero-order valence-corrected chi connectivity index (χ0v) is 19.4. The number of imidazole rings is 3. The van der Waals surface area contributed by atoms with Gasteiger partial charge in [-0.25, -0.2) is 19.2 Å². The Hall–Kier alpha value is -4.67. The predicted octanol–water partition coefficient (Wildman–Crippen LogP) is 2.86. The van der Waals surface area contributed by atoms with E-state index >= 15 is 4.39 Å². The van der Waals surface area contributed by atoms with Gasteiger partial charge < -0.3 is 9.67 Å². The number of rotatable bonds is 3. The highest BCUT2D eigenvalue weighted by atomic mass is 19.1. The fourth-order valence-electron chi connectivity index (χ4n) is 4.63. The molecular formula is C24H21FN8O2. The topological polar surface area (TPSA) is 101 Å². The summed E-state index contributed by atoms with van der Waals surface area (Å²) in [6, 6.07) is 6.45. The number of hydrogen-bond acceptors (Lipinski definition) is 5. The molecule has 0 aliphatic rings. The number of hydrogen-bond donors (Lipinski definition) is 1. The van der Waals surface area contributed by atoms with Crippen molar-refractivity contribution in [1.82, 2.24) is 38.0 Å². The third-order valence-corrected chi connectivity index (χ3v) is 6.39. The minimum atomic E-state index is -0.430. The average Bonchev–Trinajstić information content (AvgIpc) is 3.57. The van der Waals surface area contributed by atoms with Gasteiger partial charge in [0.2, 0.25) is 0 Å². The van der Waals surface area contributed by atoms with E-state index in [4.69, 9.17) is 4.98 Å². The van der Waals surface area contributed by atoms with Gasteiger partial charge in [0.25, 0.3) is 0 Å². The molecule has 176 valence electrons. The maximum atomic E-state index is 15.4. The van der Waals surface area contributed by atoms with E-state index in [1.165, 1.54) is 15.2 Å². The maximum absolute atomic E-state index is 15.4. The highest BCUT2D eigenvalue weighted by molar-refractivity contribution is 5.90. The van der Waals surface area contributed by atoms with Crippen molar-refractivity contribution in [3.63, 3.8) is 0 Å². The van der Waals surface area contributed by atoms with E-state index in [0.717, 1.165) is 0 Å². The Kier molecular flexibility index (Phi) is 4.28. The lowest BCUT2D eigenvalue weighted by Gasteiger charge is -2.12. The first-order chi connectivity index (χ1) is 16.7. The summed E-state index contributed by atoms with van der Waals surface area (Å²) in [5.41, 5.74) is 4.01. The number of nitrogens with zero attached hydrogens (tertiary/aromatic N) is 8. The van der Waals surface area contributed by atoms with E-state index in [-0.39, 0.29) is 11.4 Å². The van der Waals surface area contributed by atoms with Crippen molar-refractivity contribution < 1.29 is 9.50 Å². The van der Waals surface area contributed by atoms with Gasteiger partial charge in [0, 0.05) is 57.6 Å². The Morgan fingerprint density at radius 2 is 1.77 bits per heavy atom. The van der Waals surface area contributed by atoms with Gasteiger partial charge in [-0.3, -0.25) is 18.4 Å². The minimum absolute atomic E-state index is 0.0667. The van der Waals surface area contributed by atoms with Crippen LogP contribution in [0.5, 0.6) is 5.75 Å². The second kappa shape index (κ2) is 7.16. The summed E-state index contributed by atoms with van der Waals surface area (Å²) in [6.07, 6.45) is 6.67. The van der Waals surface area contributed by atoms with Crippen LogP contribution >= 0.6 is 0 Å². The van der Waals surface area contributed by atoms with Gasteiger partial charge in [-0.05, 0) is 12.1 Å². The van der Waals surface area contributed by atoms with E-state index in [1.54, 1.807) is 73.5 Å². The number of fused-ring (bicyclic) bond motifs is 2. The van der Waals surface area contributed by atoms with E-state index in [2.05, 4.69) is 10.1 Å². The first-order valence-electron chi connectivity index (χ1n) is 10.8. The lowest BCUT2D eigenvalue weighted by Crippen LogP contribution is -2.19. The molecule has 10 nitrogen and oxygen atoms in total. The smallest absolute Gasteiger partial charge is 0.328 e. The molecule has 0 fully saturated rings. The Morgan fingerprint density at radius 1 is 0.971 bits per heavy atom. The maximum Gasteiger partial charge on any atom is 0.328 e. The third-order valence-electron chi connectivity index (χ3n) is 6.39. The number of aromatic hydroxyl groups is 1. The van der Waals surface area contributed by atoms with Crippen LogP contribution in [0.1, 0.15) is 0 Å². The molecule has 0 saturated carbocycles. The summed E-state index contributed by atoms with van der Waals surface area (Å²) in [6.45, 7) is 0. The lowest BCUT2D eigenvalue weighted by molar-refractivity contribution is 0.478. The normalized spacial score (nSPS) is 11.8. The average molecular weight is 472 g/mol. The van der Waals surface area contributed by atoms with Gasteiger partial charge in [-0.1, -0.05) is 0 Å². The SMILES string of the molecule is Cn1cc(-c2cc3nc(-c4cncn4C)n(-c4cc(O)c5c(c4)n(C)c(=O)n5C)c3cc2F)cn1. The molecule has 6 rings (SSSR count). The summed E-state index contributed by atoms with van der Waals surface area (Å²) in [7, 11) is 6.86. The van der Waals surface area contributed by atoms with Gasteiger partial charge in [0.05, 0.1) is 41.0 Å². The number of aryl methyl sites for hydroxylation is 4. The summed E-state index contributed by atoms with van der Waals surface area (Å²) in [4.78, 5) is 21.5. The fourth-order valence-corrected chi connectivity index (χ4v) is 4.63. The molecule has 6 aromatic rings. The van der Waals surface area contributed by atoms with Crippen LogP contribution in [-0.2, 0) is 28.2 Å². The van der Waals surface area contributed by atoms with Crippen LogP contribution in [0, 0.1) is 5.82 Å². The summed E-state index contributed by atoms with van der Waals surface area (Å²) < 4.78 is 23.4. The molecule has 0 amide bonds. The van der Waals surface area contributed by atoms with E-state index in [0.29, 0.717) is 50.4 Å². The van der Waals surface area contributed by atoms with Crippen LogP contribution in [-0.4, -0.2) is 43.1 Å². The highest BCUT2D eigenvalue weighted by Gasteiger charge is 2.22. The predicted molar refractivity (Wildman–Crippen MR) is 129 cm³/mol. The summed E-state index contributed by atoms with van der Waals surface area (Å²) in [5.74, 6) is 0.0194. The van der Waals surface area contributed by atoms with Gasteiger partial charge >= 0.3 is 5.69 Å². The molecule has 35 heavy (non-hydrogen) atoms. The Labute approximate surface area is 197 Å². The van der Waals surface area contributed by atoms with Crippen molar-refractivity contribution in [2.24, 2.45) is 28.2 Å². The monoisotopic (exact) mass is 472 g/mol. The molecule has 0 aliphatic heterocycles. The first-order valence-corrected chi connectivity index (χ1v) is 10.8. The van der Waals surface area contributed by atoms with Crippen LogP contribution in [0.25, 0.3) is 50.4 Å². The molecule has 0 saturated heterocycles. The Bertz CT molecular complexity index is 1850. The minimum Gasteiger partial charge on any atom is -0.506 e. The van der Waals surface area contributed by atoms with Crippen molar-refractivity contribution in [1.29, 1.82) is 0 Å². The molecule has 0 radical (unpaired) electrons. The molecule has 0 spiro atoms. The lowest BCUT2D eigenvalue weighted by atomic mass is 10.1. The van der Waals surface area contributed by atoms with Crippen molar-refractivity contribution in [3.8, 4) is 34.1 Å². The molecule has 0 atom stereocenters. The zero-order valence-electron chi connectivity index (χ0n) is 19.4. The van der Waals surface area contributed by atoms with Gasteiger partial charge in [-0.2, -0.15) is 5.10 Å². The van der Waals surface area contributed by atoms with Crippen molar-refractivity contribution >= 4 is 22.1 Å². The Balaban J connectivity index is 1.70. The van der Waals surface area contributed by atoms with Gasteiger partial charge in [0.15, 0.2) is 5.82 Å². The first kappa shape index (κ1) is 20.9. The molecular weight excluding hydrogens is 451 g/mol. The molecule has 4 aromatic heterocycles.